The Morgan fingerprint density at radius 3 is 2.76 bits per heavy atom. The van der Waals surface area contributed by atoms with Gasteiger partial charge in [0.05, 0.1) is 5.56 Å². The van der Waals surface area contributed by atoms with Crippen molar-refractivity contribution in [1.29, 1.82) is 0 Å². The Hall–Kier alpha value is -1.56. The minimum atomic E-state index is -4.42. The number of carbonyl (C=O) groups excluding carboxylic acids is 1. The number of hydrogen-bond acceptors (Lipinski definition) is 2. The lowest BCUT2D eigenvalue weighted by atomic mass is 9.95. The van der Waals surface area contributed by atoms with E-state index >= 15 is 0 Å². The average Bonchev–Trinajstić information content (AvgIpc) is 3.01. The molecule has 114 valence electrons. The predicted molar refractivity (Wildman–Crippen MR) is 71.8 cm³/mol. The SMILES string of the molecule is CC1C2CNCC2CN1C(=O)c1cccc(C(F)(F)F)c1. The maximum Gasteiger partial charge on any atom is 0.416 e. The highest BCUT2D eigenvalue weighted by atomic mass is 19.4. The monoisotopic (exact) mass is 298 g/mol. The zero-order valence-electron chi connectivity index (χ0n) is 11.7. The number of halogens is 3. The van der Waals surface area contributed by atoms with Crippen LogP contribution in [-0.4, -0.2) is 36.5 Å². The minimum absolute atomic E-state index is 0.0621. The summed E-state index contributed by atoms with van der Waals surface area (Å²) in [5, 5.41) is 3.30. The van der Waals surface area contributed by atoms with Crippen molar-refractivity contribution in [3.05, 3.63) is 35.4 Å². The standard InChI is InChI=1S/C15H17F3N2O/c1-9-13-7-19-6-11(13)8-20(9)14(21)10-3-2-4-12(5-10)15(16,17)18/h2-5,9,11,13,19H,6-8H2,1H3. The topological polar surface area (TPSA) is 32.3 Å². The van der Waals surface area contributed by atoms with Gasteiger partial charge in [-0.1, -0.05) is 6.07 Å². The Morgan fingerprint density at radius 1 is 1.33 bits per heavy atom. The second-order valence-corrected chi connectivity index (χ2v) is 5.86. The fourth-order valence-corrected chi connectivity index (χ4v) is 3.43. The van der Waals surface area contributed by atoms with Gasteiger partial charge in [-0.15, -0.1) is 0 Å². The van der Waals surface area contributed by atoms with Gasteiger partial charge in [0.2, 0.25) is 0 Å². The average molecular weight is 298 g/mol. The van der Waals surface area contributed by atoms with Crippen molar-refractivity contribution in [3.63, 3.8) is 0 Å². The van der Waals surface area contributed by atoms with Crippen molar-refractivity contribution in [1.82, 2.24) is 10.2 Å². The molecule has 2 heterocycles. The molecular formula is C15H17F3N2O. The number of nitrogens with zero attached hydrogens (tertiary/aromatic N) is 1. The third-order valence-corrected chi connectivity index (χ3v) is 4.63. The molecule has 21 heavy (non-hydrogen) atoms. The maximum absolute atomic E-state index is 12.7. The third kappa shape index (κ3) is 2.52. The summed E-state index contributed by atoms with van der Waals surface area (Å²) in [6, 6.07) is 4.74. The zero-order chi connectivity index (χ0) is 15.2. The largest absolute Gasteiger partial charge is 0.416 e. The van der Waals surface area contributed by atoms with Crippen molar-refractivity contribution in [3.8, 4) is 0 Å². The van der Waals surface area contributed by atoms with E-state index in [1.807, 2.05) is 6.92 Å². The van der Waals surface area contributed by atoms with E-state index in [1.165, 1.54) is 12.1 Å². The Bertz CT molecular complexity index is 558. The molecule has 2 aliphatic rings. The number of alkyl halides is 3. The summed E-state index contributed by atoms with van der Waals surface area (Å²) in [5.41, 5.74) is -0.660. The van der Waals surface area contributed by atoms with Crippen LogP contribution >= 0.6 is 0 Å². The Labute approximate surface area is 121 Å². The first-order valence-corrected chi connectivity index (χ1v) is 7.07. The quantitative estimate of drug-likeness (QED) is 0.863. The van der Waals surface area contributed by atoms with Crippen LogP contribution in [0.15, 0.2) is 24.3 Å². The van der Waals surface area contributed by atoms with Crippen LogP contribution in [0.2, 0.25) is 0 Å². The van der Waals surface area contributed by atoms with Crippen LogP contribution < -0.4 is 5.32 Å². The van der Waals surface area contributed by atoms with E-state index in [9.17, 15) is 18.0 Å². The molecule has 0 saturated carbocycles. The number of amides is 1. The van der Waals surface area contributed by atoms with Gasteiger partial charge >= 0.3 is 6.18 Å². The smallest absolute Gasteiger partial charge is 0.335 e. The normalized spacial score (nSPS) is 28.8. The van der Waals surface area contributed by atoms with Crippen molar-refractivity contribution in [2.75, 3.05) is 19.6 Å². The third-order valence-electron chi connectivity index (χ3n) is 4.63. The van der Waals surface area contributed by atoms with Gasteiger partial charge in [-0.25, -0.2) is 0 Å². The summed E-state index contributed by atoms with van der Waals surface area (Å²) in [4.78, 5) is 14.2. The number of likely N-dealkylation sites (tertiary alicyclic amines) is 1. The van der Waals surface area contributed by atoms with Gasteiger partial charge in [-0.3, -0.25) is 4.79 Å². The van der Waals surface area contributed by atoms with E-state index in [0.29, 0.717) is 18.4 Å². The highest BCUT2D eigenvalue weighted by molar-refractivity contribution is 5.94. The zero-order valence-corrected chi connectivity index (χ0v) is 11.7. The second-order valence-electron chi connectivity index (χ2n) is 5.86. The molecule has 0 aliphatic carbocycles. The van der Waals surface area contributed by atoms with E-state index in [-0.39, 0.29) is 17.5 Å². The van der Waals surface area contributed by atoms with E-state index in [1.54, 1.807) is 4.90 Å². The number of benzene rings is 1. The molecule has 1 N–H and O–H groups in total. The fraction of sp³-hybridized carbons (Fsp3) is 0.533. The first-order chi connectivity index (χ1) is 9.88. The summed E-state index contributed by atoms with van der Waals surface area (Å²) in [7, 11) is 0. The van der Waals surface area contributed by atoms with Gasteiger partial charge in [-0.05, 0) is 37.0 Å². The first kappa shape index (κ1) is 14.4. The Kier molecular flexibility index (Phi) is 3.43. The highest BCUT2D eigenvalue weighted by Gasteiger charge is 2.44. The maximum atomic E-state index is 12.7. The number of carbonyl (C=O) groups is 1. The molecule has 1 aromatic rings. The van der Waals surface area contributed by atoms with Crippen LogP contribution in [0.25, 0.3) is 0 Å². The fourth-order valence-electron chi connectivity index (χ4n) is 3.43. The van der Waals surface area contributed by atoms with Crippen LogP contribution in [0, 0.1) is 11.8 Å². The molecule has 1 aromatic carbocycles. The van der Waals surface area contributed by atoms with E-state index in [0.717, 1.165) is 25.2 Å². The summed E-state index contributed by atoms with van der Waals surface area (Å²) in [6.45, 7) is 4.34. The number of hydrogen-bond donors (Lipinski definition) is 1. The summed E-state index contributed by atoms with van der Waals surface area (Å²) < 4.78 is 38.2. The highest BCUT2D eigenvalue weighted by Crippen LogP contribution is 2.34. The molecule has 2 aliphatic heterocycles. The van der Waals surface area contributed by atoms with Gasteiger partial charge in [0.1, 0.15) is 0 Å². The van der Waals surface area contributed by atoms with E-state index < -0.39 is 11.7 Å². The first-order valence-electron chi connectivity index (χ1n) is 7.07. The number of fused-ring (bicyclic) bond motifs is 1. The Balaban J connectivity index is 1.83. The summed E-state index contributed by atoms with van der Waals surface area (Å²) in [5.74, 6) is 0.512. The lowest BCUT2D eigenvalue weighted by Crippen LogP contribution is -2.38. The summed E-state index contributed by atoms with van der Waals surface area (Å²) >= 11 is 0. The van der Waals surface area contributed by atoms with Crippen LogP contribution in [0.5, 0.6) is 0 Å². The second kappa shape index (κ2) is 5.02. The van der Waals surface area contributed by atoms with E-state index in [4.69, 9.17) is 0 Å². The lowest BCUT2D eigenvalue weighted by molar-refractivity contribution is -0.137. The van der Waals surface area contributed by atoms with Gasteiger partial charge in [0.15, 0.2) is 0 Å². The number of rotatable bonds is 1. The van der Waals surface area contributed by atoms with Crippen molar-refractivity contribution in [2.45, 2.75) is 19.1 Å². The molecule has 3 atom stereocenters. The van der Waals surface area contributed by atoms with Crippen molar-refractivity contribution in [2.24, 2.45) is 11.8 Å². The molecule has 0 bridgehead atoms. The van der Waals surface area contributed by atoms with Gasteiger partial charge in [0.25, 0.3) is 5.91 Å². The summed E-state index contributed by atoms with van der Waals surface area (Å²) in [6.07, 6.45) is -4.42. The van der Waals surface area contributed by atoms with Gasteiger partial charge < -0.3 is 10.2 Å². The molecule has 0 spiro atoms. The molecule has 2 fully saturated rings. The molecular weight excluding hydrogens is 281 g/mol. The number of nitrogens with one attached hydrogen (secondary N) is 1. The predicted octanol–water partition coefficient (Wildman–Crippen LogP) is 2.39. The molecule has 3 rings (SSSR count). The molecule has 3 unspecified atom stereocenters. The molecule has 0 aromatic heterocycles. The molecule has 1 amide bonds. The van der Waals surface area contributed by atoms with Gasteiger partial charge in [0, 0.05) is 31.2 Å². The van der Waals surface area contributed by atoms with Crippen LogP contribution in [0.3, 0.4) is 0 Å². The van der Waals surface area contributed by atoms with Crippen LogP contribution in [0.4, 0.5) is 13.2 Å². The van der Waals surface area contributed by atoms with Crippen molar-refractivity contribution >= 4 is 5.91 Å². The van der Waals surface area contributed by atoms with Crippen LogP contribution in [-0.2, 0) is 6.18 Å². The minimum Gasteiger partial charge on any atom is -0.335 e. The van der Waals surface area contributed by atoms with Gasteiger partial charge in [-0.2, -0.15) is 13.2 Å². The van der Waals surface area contributed by atoms with Crippen LogP contribution in [0.1, 0.15) is 22.8 Å². The molecule has 0 radical (unpaired) electrons. The molecule has 6 heteroatoms. The molecule has 3 nitrogen and oxygen atoms in total. The lowest BCUT2D eigenvalue weighted by Gasteiger charge is -2.25. The Morgan fingerprint density at radius 2 is 2.10 bits per heavy atom. The van der Waals surface area contributed by atoms with E-state index in [2.05, 4.69) is 5.32 Å². The van der Waals surface area contributed by atoms with Crippen molar-refractivity contribution < 1.29 is 18.0 Å². The molecule has 2 saturated heterocycles.